The fourth-order valence-corrected chi connectivity index (χ4v) is 5.10. The van der Waals surface area contributed by atoms with Crippen LogP contribution in [0.15, 0.2) is 71.1 Å². The van der Waals surface area contributed by atoms with Crippen LogP contribution in [0.5, 0.6) is 5.75 Å². The van der Waals surface area contributed by atoms with Gasteiger partial charge in [-0.1, -0.05) is 29.4 Å². The summed E-state index contributed by atoms with van der Waals surface area (Å²) in [6.07, 6.45) is 0. The topological polar surface area (TPSA) is 80.3 Å². The molecule has 0 aliphatic rings. The number of rotatable bonds is 8. The Kier molecular flexibility index (Phi) is 7.49. The second kappa shape index (κ2) is 10.7. The molecule has 0 spiro atoms. The largest absolute Gasteiger partial charge is 0.494 e. The fourth-order valence-electron chi connectivity index (χ4n) is 3.00. The van der Waals surface area contributed by atoms with Crippen LogP contribution in [0.4, 0.5) is 11.4 Å². The van der Waals surface area contributed by atoms with E-state index in [1.807, 2.05) is 43.3 Å². The monoisotopic (exact) mass is 497 g/mol. The lowest BCUT2D eigenvalue weighted by atomic mass is 10.2. The van der Waals surface area contributed by atoms with E-state index in [1.165, 1.54) is 23.1 Å². The van der Waals surface area contributed by atoms with Gasteiger partial charge in [-0.2, -0.15) is 0 Å². The van der Waals surface area contributed by atoms with E-state index in [0.29, 0.717) is 28.6 Å². The van der Waals surface area contributed by atoms with E-state index in [1.54, 1.807) is 30.3 Å². The molecule has 0 fully saturated rings. The predicted molar refractivity (Wildman–Crippen MR) is 136 cm³/mol. The summed E-state index contributed by atoms with van der Waals surface area (Å²) in [4.78, 5) is 29.3. The SMILES string of the molecule is CCOc1ccc(NC(=O)CSc2nc3ccc(NC(=O)c4cccc(Cl)c4)cc3s2)cc1. The summed E-state index contributed by atoms with van der Waals surface area (Å²) in [5, 5.41) is 6.26. The van der Waals surface area contributed by atoms with Crippen LogP contribution in [-0.4, -0.2) is 29.2 Å². The molecule has 4 rings (SSSR count). The van der Waals surface area contributed by atoms with Gasteiger partial charge in [-0.3, -0.25) is 9.59 Å². The molecule has 0 atom stereocenters. The summed E-state index contributed by atoms with van der Waals surface area (Å²) in [5.41, 5.74) is 2.69. The van der Waals surface area contributed by atoms with Crippen LogP contribution in [0.2, 0.25) is 5.02 Å². The second-order valence-corrected chi connectivity index (χ2v) is 9.61. The molecular formula is C24H20ClN3O3S2. The van der Waals surface area contributed by atoms with Gasteiger partial charge >= 0.3 is 0 Å². The molecule has 0 radical (unpaired) electrons. The third-order valence-electron chi connectivity index (χ3n) is 4.49. The number of nitrogens with one attached hydrogen (secondary N) is 2. The van der Waals surface area contributed by atoms with E-state index >= 15 is 0 Å². The smallest absolute Gasteiger partial charge is 0.255 e. The second-order valence-electron chi connectivity index (χ2n) is 6.92. The molecule has 3 aromatic carbocycles. The van der Waals surface area contributed by atoms with E-state index in [-0.39, 0.29) is 17.6 Å². The summed E-state index contributed by atoms with van der Waals surface area (Å²) >= 11 is 8.81. The Labute approximate surface area is 204 Å². The number of aromatic nitrogens is 1. The Morgan fingerprint density at radius 2 is 1.82 bits per heavy atom. The molecule has 1 heterocycles. The van der Waals surface area contributed by atoms with Gasteiger partial charge in [0.1, 0.15) is 5.75 Å². The molecule has 4 aromatic rings. The van der Waals surface area contributed by atoms with Crippen molar-refractivity contribution in [2.24, 2.45) is 0 Å². The van der Waals surface area contributed by atoms with Crippen molar-refractivity contribution in [1.29, 1.82) is 0 Å². The summed E-state index contributed by atoms with van der Waals surface area (Å²) in [6.45, 7) is 2.52. The molecule has 0 unspecified atom stereocenters. The minimum absolute atomic E-state index is 0.113. The molecule has 0 saturated heterocycles. The van der Waals surface area contributed by atoms with Crippen molar-refractivity contribution in [3.8, 4) is 5.75 Å². The van der Waals surface area contributed by atoms with Gasteiger partial charge in [-0.25, -0.2) is 4.98 Å². The number of amides is 2. The number of carbonyl (C=O) groups is 2. The van der Waals surface area contributed by atoms with Gasteiger partial charge in [0.25, 0.3) is 5.91 Å². The Balaban J connectivity index is 1.35. The molecule has 1 aromatic heterocycles. The molecule has 168 valence electrons. The zero-order valence-electron chi connectivity index (χ0n) is 17.6. The highest BCUT2D eigenvalue weighted by molar-refractivity contribution is 8.01. The molecule has 2 amide bonds. The number of anilines is 2. The number of thioether (sulfide) groups is 1. The Hall–Kier alpha value is -3.07. The zero-order valence-corrected chi connectivity index (χ0v) is 20.0. The molecule has 2 N–H and O–H groups in total. The van der Waals surface area contributed by atoms with Gasteiger partial charge in [0.2, 0.25) is 5.91 Å². The zero-order chi connectivity index (χ0) is 23.2. The highest BCUT2D eigenvalue weighted by atomic mass is 35.5. The average molecular weight is 498 g/mol. The number of hydrogen-bond donors (Lipinski definition) is 2. The van der Waals surface area contributed by atoms with Crippen molar-refractivity contribution >= 4 is 68.1 Å². The lowest BCUT2D eigenvalue weighted by molar-refractivity contribution is -0.113. The molecule has 6 nitrogen and oxygen atoms in total. The lowest BCUT2D eigenvalue weighted by Crippen LogP contribution is -2.13. The van der Waals surface area contributed by atoms with Gasteiger partial charge < -0.3 is 15.4 Å². The van der Waals surface area contributed by atoms with Crippen LogP contribution in [0, 0.1) is 0 Å². The minimum Gasteiger partial charge on any atom is -0.494 e. The van der Waals surface area contributed by atoms with E-state index in [0.717, 1.165) is 20.3 Å². The highest BCUT2D eigenvalue weighted by Gasteiger charge is 2.11. The first-order chi connectivity index (χ1) is 16.0. The van der Waals surface area contributed by atoms with Crippen molar-refractivity contribution in [1.82, 2.24) is 4.98 Å². The maximum Gasteiger partial charge on any atom is 0.255 e. The standard InChI is InChI=1S/C24H20ClN3O3S2/c1-2-31-19-9-6-17(7-10-19)26-22(29)14-32-24-28-20-11-8-18(13-21(20)33-24)27-23(30)15-4-3-5-16(25)12-15/h3-13H,2,14H2,1H3,(H,26,29)(H,27,30). The lowest BCUT2D eigenvalue weighted by Gasteiger charge is -2.06. The highest BCUT2D eigenvalue weighted by Crippen LogP contribution is 2.31. The Morgan fingerprint density at radius 3 is 2.58 bits per heavy atom. The van der Waals surface area contributed by atoms with Crippen LogP contribution in [0.25, 0.3) is 10.2 Å². The third kappa shape index (κ3) is 6.25. The Morgan fingerprint density at radius 1 is 1.03 bits per heavy atom. The average Bonchev–Trinajstić information content (AvgIpc) is 3.21. The summed E-state index contributed by atoms with van der Waals surface area (Å²) in [6, 6.07) is 19.6. The van der Waals surface area contributed by atoms with E-state index in [4.69, 9.17) is 16.3 Å². The maximum atomic E-state index is 12.4. The quantitative estimate of drug-likeness (QED) is 0.278. The van der Waals surface area contributed by atoms with Crippen molar-refractivity contribution in [3.05, 3.63) is 77.3 Å². The normalized spacial score (nSPS) is 10.7. The van der Waals surface area contributed by atoms with Crippen LogP contribution >= 0.6 is 34.7 Å². The number of fused-ring (bicyclic) bond motifs is 1. The van der Waals surface area contributed by atoms with Crippen molar-refractivity contribution in [2.75, 3.05) is 23.0 Å². The van der Waals surface area contributed by atoms with E-state index in [9.17, 15) is 9.59 Å². The molecule has 0 saturated carbocycles. The van der Waals surface area contributed by atoms with Crippen molar-refractivity contribution in [2.45, 2.75) is 11.3 Å². The van der Waals surface area contributed by atoms with Crippen LogP contribution in [-0.2, 0) is 4.79 Å². The van der Waals surface area contributed by atoms with E-state index in [2.05, 4.69) is 15.6 Å². The first kappa shape index (κ1) is 23.1. The minimum atomic E-state index is -0.234. The number of halogens is 1. The van der Waals surface area contributed by atoms with Gasteiger partial charge in [0.15, 0.2) is 4.34 Å². The molecule has 9 heteroatoms. The van der Waals surface area contributed by atoms with Gasteiger partial charge in [0, 0.05) is 22.0 Å². The number of ether oxygens (including phenoxy) is 1. The number of carbonyl (C=O) groups excluding carboxylic acids is 2. The maximum absolute atomic E-state index is 12.4. The Bertz CT molecular complexity index is 1290. The van der Waals surface area contributed by atoms with Crippen LogP contribution in [0.3, 0.4) is 0 Å². The van der Waals surface area contributed by atoms with Gasteiger partial charge in [0.05, 0.1) is 22.6 Å². The van der Waals surface area contributed by atoms with E-state index < -0.39 is 0 Å². The first-order valence-corrected chi connectivity index (χ1v) is 12.3. The molecule has 0 aliphatic carbocycles. The van der Waals surface area contributed by atoms with Gasteiger partial charge in [-0.15, -0.1) is 11.3 Å². The number of hydrogen-bond acceptors (Lipinski definition) is 6. The molecule has 33 heavy (non-hydrogen) atoms. The van der Waals surface area contributed by atoms with Gasteiger partial charge in [-0.05, 0) is 67.6 Å². The van der Waals surface area contributed by atoms with Crippen LogP contribution in [0.1, 0.15) is 17.3 Å². The summed E-state index contributed by atoms with van der Waals surface area (Å²) < 4.78 is 7.11. The van der Waals surface area contributed by atoms with Crippen LogP contribution < -0.4 is 15.4 Å². The number of benzene rings is 3. The van der Waals surface area contributed by atoms with Crippen molar-refractivity contribution in [3.63, 3.8) is 0 Å². The molecule has 0 aliphatic heterocycles. The molecule has 0 bridgehead atoms. The fraction of sp³-hybridized carbons (Fsp3) is 0.125. The summed E-state index contributed by atoms with van der Waals surface area (Å²) in [5.74, 6) is 0.660. The first-order valence-electron chi connectivity index (χ1n) is 10.1. The number of thiazole rings is 1. The predicted octanol–water partition coefficient (Wildman–Crippen LogP) is 6.33. The van der Waals surface area contributed by atoms with Crippen molar-refractivity contribution < 1.29 is 14.3 Å². The third-order valence-corrected chi connectivity index (χ3v) is 6.89. The summed E-state index contributed by atoms with van der Waals surface area (Å²) in [7, 11) is 0. The molecular weight excluding hydrogens is 478 g/mol. The number of nitrogens with zero attached hydrogens (tertiary/aromatic N) is 1.